The minimum atomic E-state index is -0.290. The van der Waals surface area contributed by atoms with Crippen molar-refractivity contribution in [3.63, 3.8) is 0 Å². The summed E-state index contributed by atoms with van der Waals surface area (Å²) in [4.78, 5) is 13.3. The molecule has 3 nitrogen and oxygen atoms in total. The summed E-state index contributed by atoms with van der Waals surface area (Å²) in [5.74, 6) is -0.0478. The van der Waals surface area contributed by atoms with Crippen LogP contribution >= 0.6 is 22.9 Å². The first-order valence-electron chi connectivity index (χ1n) is 6.84. The second-order valence-electron chi connectivity index (χ2n) is 5.11. The Balaban J connectivity index is 1.91. The van der Waals surface area contributed by atoms with E-state index in [1.165, 1.54) is 16.9 Å². The van der Waals surface area contributed by atoms with Crippen LogP contribution in [0.3, 0.4) is 0 Å². The van der Waals surface area contributed by atoms with Crippen molar-refractivity contribution in [3.05, 3.63) is 51.2 Å². The SMILES string of the molecule is Cc1ccc(NC(=O)C(C)NC(C)c2ccc(Cl)s2)cc1. The summed E-state index contributed by atoms with van der Waals surface area (Å²) < 4.78 is 0.760. The van der Waals surface area contributed by atoms with E-state index in [0.717, 1.165) is 14.9 Å². The van der Waals surface area contributed by atoms with Gasteiger partial charge in [-0.25, -0.2) is 0 Å². The summed E-state index contributed by atoms with van der Waals surface area (Å²) in [6.45, 7) is 5.90. The highest BCUT2D eigenvalue weighted by Gasteiger charge is 2.17. The molecule has 112 valence electrons. The number of hydrogen-bond acceptors (Lipinski definition) is 3. The first-order valence-corrected chi connectivity index (χ1v) is 8.04. The molecule has 0 aliphatic carbocycles. The van der Waals surface area contributed by atoms with Gasteiger partial charge in [-0.05, 0) is 45.0 Å². The number of hydrogen-bond donors (Lipinski definition) is 2. The monoisotopic (exact) mass is 322 g/mol. The highest BCUT2D eigenvalue weighted by molar-refractivity contribution is 7.16. The Kier molecular flexibility index (Phi) is 5.39. The van der Waals surface area contributed by atoms with Crippen LogP contribution in [-0.2, 0) is 4.79 Å². The van der Waals surface area contributed by atoms with E-state index in [0.29, 0.717) is 0 Å². The van der Waals surface area contributed by atoms with Crippen molar-refractivity contribution < 1.29 is 4.79 Å². The molecular weight excluding hydrogens is 304 g/mol. The standard InChI is InChI=1S/C16H19ClN2OS/c1-10-4-6-13(7-5-10)19-16(20)12(3)18-11(2)14-8-9-15(17)21-14/h4-9,11-12,18H,1-3H3,(H,19,20). The van der Waals surface area contributed by atoms with Gasteiger partial charge in [-0.1, -0.05) is 29.3 Å². The lowest BCUT2D eigenvalue weighted by Gasteiger charge is -2.18. The molecule has 5 heteroatoms. The first kappa shape index (κ1) is 16.0. The summed E-state index contributed by atoms with van der Waals surface area (Å²) in [7, 11) is 0. The third-order valence-electron chi connectivity index (χ3n) is 3.23. The van der Waals surface area contributed by atoms with Gasteiger partial charge in [0.05, 0.1) is 10.4 Å². The largest absolute Gasteiger partial charge is 0.325 e. The molecule has 1 aromatic heterocycles. The molecule has 2 N–H and O–H groups in total. The number of anilines is 1. The lowest BCUT2D eigenvalue weighted by Crippen LogP contribution is -2.39. The Bertz CT molecular complexity index is 609. The third-order valence-corrected chi connectivity index (χ3v) is 4.65. The Hall–Kier alpha value is -1.36. The van der Waals surface area contributed by atoms with E-state index in [1.807, 2.05) is 57.2 Å². The van der Waals surface area contributed by atoms with Crippen LogP contribution in [-0.4, -0.2) is 11.9 Å². The van der Waals surface area contributed by atoms with Gasteiger partial charge in [-0.2, -0.15) is 0 Å². The number of aryl methyl sites for hydroxylation is 1. The molecule has 2 unspecified atom stereocenters. The second kappa shape index (κ2) is 7.07. The topological polar surface area (TPSA) is 41.1 Å². The van der Waals surface area contributed by atoms with Gasteiger partial charge < -0.3 is 5.32 Å². The normalized spacial score (nSPS) is 13.7. The zero-order valence-corrected chi connectivity index (χ0v) is 13.9. The van der Waals surface area contributed by atoms with Crippen LogP contribution in [0.25, 0.3) is 0 Å². The maximum Gasteiger partial charge on any atom is 0.241 e. The number of halogens is 1. The Morgan fingerprint density at radius 1 is 1.14 bits per heavy atom. The number of carbonyl (C=O) groups is 1. The number of benzene rings is 1. The van der Waals surface area contributed by atoms with Crippen LogP contribution in [0.4, 0.5) is 5.69 Å². The highest BCUT2D eigenvalue weighted by Crippen LogP contribution is 2.26. The first-order chi connectivity index (χ1) is 9.95. The van der Waals surface area contributed by atoms with E-state index in [-0.39, 0.29) is 18.0 Å². The zero-order chi connectivity index (χ0) is 15.4. The summed E-state index contributed by atoms with van der Waals surface area (Å²) in [6.07, 6.45) is 0. The smallest absolute Gasteiger partial charge is 0.241 e. The summed E-state index contributed by atoms with van der Waals surface area (Å²) in [5, 5.41) is 6.19. The minimum absolute atomic E-state index is 0.0478. The molecule has 2 atom stereocenters. The van der Waals surface area contributed by atoms with Crippen molar-refractivity contribution in [2.24, 2.45) is 0 Å². The van der Waals surface area contributed by atoms with E-state index in [4.69, 9.17) is 11.6 Å². The molecule has 0 aliphatic heterocycles. The molecule has 2 rings (SSSR count). The molecule has 0 aliphatic rings. The van der Waals surface area contributed by atoms with Crippen molar-refractivity contribution in [2.75, 3.05) is 5.32 Å². The predicted molar refractivity (Wildman–Crippen MR) is 90.2 cm³/mol. The van der Waals surface area contributed by atoms with Crippen molar-refractivity contribution in [1.82, 2.24) is 5.32 Å². The lowest BCUT2D eigenvalue weighted by atomic mass is 10.2. The van der Waals surface area contributed by atoms with Gasteiger partial charge in [0, 0.05) is 16.6 Å². The molecule has 0 bridgehead atoms. The van der Waals surface area contributed by atoms with Crippen LogP contribution in [0.2, 0.25) is 4.34 Å². The van der Waals surface area contributed by atoms with Gasteiger partial charge in [-0.3, -0.25) is 10.1 Å². The van der Waals surface area contributed by atoms with Crippen molar-refractivity contribution in [1.29, 1.82) is 0 Å². The molecule has 1 amide bonds. The van der Waals surface area contributed by atoms with E-state index >= 15 is 0 Å². The van der Waals surface area contributed by atoms with Crippen LogP contribution < -0.4 is 10.6 Å². The van der Waals surface area contributed by atoms with Crippen LogP contribution in [0.5, 0.6) is 0 Å². The Labute approximate surface area is 134 Å². The van der Waals surface area contributed by atoms with Gasteiger partial charge >= 0.3 is 0 Å². The van der Waals surface area contributed by atoms with Crippen molar-refractivity contribution in [2.45, 2.75) is 32.9 Å². The predicted octanol–water partition coefficient (Wildman–Crippen LogP) is 4.39. The fourth-order valence-corrected chi connectivity index (χ4v) is 3.05. The summed E-state index contributed by atoms with van der Waals surface area (Å²) >= 11 is 7.46. The Morgan fingerprint density at radius 2 is 1.81 bits per heavy atom. The van der Waals surface area contributed by atoms with E-state index in [2.05, 4.69) is 10.6 Å². The van der Waals surface area contributed by atoms with Crippen molar-refractivity contribution >= 4 is 34.5 Å². The van der Waals surface area contributed by atoms with Gasteiger partial charge in [-0.15, -0.1) is 11.3 Å². The molecule has 0 radical (unpaired) electrons. The van der Waals surface area contributed by atoms with Crippen molar-refractivity contribution in [3.8, 4) is 0 Å². The van der Waals surface area contributed by atoms with Crippen LogP contribution in [0, 0.1) is 6.92 Å². The average molecular weight is 323 g/mol. The molecule has 1 aromatic carbocycles. The third kappa shape index (κ3) is 4.56. The second-order valence-corrected chi connectivity index (χ2v) is 6.85. The van der Waals surface area contributed by atoms with Gasteiger partial charge in [0.2, 0.25) is 5.91 Å². The molecule has 0 saturated carbocycles. The van der Waals surface area contributed by atoms with Crippen LogP contribution in [0.15, 0.2) is 36.4 Å². The number of amides is 1. The van der Waals surface area contributed by atoms with E-state index in [1.54, 1.807) is 0 Å². The van der Waals surface area contributed by atoms with E-state index in [9.17, 15) is 4.79 Å². The molecule has 1 heterocycles. The minimum Gasteiger partial charge on any atom is -0.325 e. The Morgan fingerprint density at radius 3 is 2.38 bits per heavy atom. The molecule has 0 spiro atoms. The fraction of sp³-hybridized carbons (Fsp3) is 0.312. The molecular formula is C16H19ClN2OS. The number of nitrogens with one attached hydrogen (secondary N) is 2. The molecule has 21 heavy (non-hydrogen) atoms. The molecule has 0 fully saturated rings. The number of carbonyl (C=O) groups excluding carboxylic acids is 1. The van der Waals surface area contributed by atoms with Gasteiger partial charge in [0.1, 0.15) is 0 Å². The fourth-order valence-electron chi connectivity index (χ4n) is 1.98. The lowest BCUT2D eigenvalue weighted by molar-refractivity contribution is -0.117. The average Bonchev–Trinajstić information content (AvgIpc) is 2.88. The maximum atomic E-state index is 12.2. The number of thiophene rings is 1. The van der Waals surface area contributed by atoms with Gasteiger partial charge in [0.25, 0.3) is 0 Å². The quantitative estimate of drug-likeness (QED) is 0.857. The van der Waals surface area contributed by atoms with Crippen LogP contribution in [0.1, 0.15) is 30.3 Å². The van der Waals surface area contributed by atoms with E-state index < -0.39 is 0 Å². The highest BCUT2D eigenvalue weighted by atomic mass is 35.5. The summed E-state index contributed by atoms with van der Waals surface area (Å²) in [5.41, 5.74) is 1.98. The number of rotatable bonds is 5. The maximum absolute atomic E-state index is 12.2. The van der Waals surface area contributed by atoms with Gasteiger partial charge in [0.15, 0.2) is 0 Å². The molecule has 0 saturated heterocycles. The zero-order valence-electron chi connectivity index (χ0n) is 12.3. The molecule has 2 aromatic rings. The summed E-state index contributed by atoms with van der Waals surface area (Å²) in [6, 6.07) is 11.4.